The lowest BCUT2D eigenvalue weighted by molar-refractivity contribution is 0.461. The van der Waals surface area contributed by atoms with Gasteiger partial charge in [-0.1, -0.05) is 11.6 Å². The second kappa shape index (κ2) is 4.07. The summed E-state index contributed by atoms with van der Waals surface area (Å²) in [4.78, 5) is 4.10. The molecule has 1 aliphatic rings. The van der Waals surface area contributed by atoms with Crippen molar-refractivity contribution < 1.29 is 0 Å². The van der Waals surface area contributed by atoms with Crippen LogP contribution in [0.5, 0.6) is 0 Å². The molecule has 13 heavy (non-hydrogen) atoms. The van der Waals surface area contributed by atoms with Gasteiger partial charge in [0.15, 0.2) is 0 Å². The first-order chi connectivity index (χ1) is 6.36. The number of pyridine rings is 1. The standard InChI is InChI=1S/C10H13ClN2/c11-10-4-9(6-13-7-10)8-2-1-3-12-5-8/h4,6-8,12H,1-3,5H2. The van der Waals surface area contributed by atoms with Crippen molar-refractivity contribution in [2.45, 2.75) is 18.8 Å². The molecule has 0 aliphatic carbocycles. The van der Waals surface area contributed by atoms with E-state index in [4.69, 9.17) is 11.6 Å². The van der Waals surface area contributed by atoms with Crippen LogP contribution in [0.1, 0.15) is 24.3 Å². The summed E-state index contributed by atoms with van der Waals surface area (Å²) in [6.07, 6.45) is 6.09. The predicted octanol–water partition coefficient (Wildman–Crippen LogP) is 2.20. The van der Waals surface area contributed by atoms with Crippen LogP contribution < -0.4 is 5.32 Å². The van der Waals surface area contributed by atoms with Crippen molar-refractivity contribution in [2.24, 2.45) is 0 Å². The molecule has 0 bridgehead atoms. The van der Waals surface area contributed by atoms with Gasteiger partial charge in [-0.3, -0.25) is 4.98 Å². The van der Waals surface area contributed by atoms with Gasteiger partial charge in [0.25, 0.3) is 0 Å². The van der Waals surface area contributed by atoms with E-state index in [9.17, 15) is 0 Å². The molecule has 3 heteroatoms. The van der Waals surface area contributed by atoms with Gasteiger partial charge in [0.2, 0.25) is 0 Å². The average Bonchev–Trinajstić information content (AvgIpc) is 2.19. The molecule has 0 radical (unpaired) electrons. The molecule has 1 saturated heterocycles. The molecule has 0 spiro atoms. The van der Waals surface area contributed by atoms with Crippen molar-refractivity contribution in [1.29, 1.82) is 0 Å². The van der Waals surface area contributed by atoms with Gasteiger partial charge in [0.05, 0.1) is 5.02 Å². The summed E-state index contributed by atoms with van der Waals surface area (Å²) in [6.45, 7) is 2.20. The Bertz CT molecular complexity index is 282. The molecule has 2 nitrogen and oxygen atoms in total. The number of hydrogen-bond donors (Lipinski definition) is 1. The van der Waals surface area contributed by atoms with Crippen LogP contribution in [0, 0.1) is 0 Å². The van der Waals surface area contributed by atoms with Crippen LogP contribution in [0.4, 0.5) is 0 Å². The van der Waals surface area contributed by atoms with Gasteiger partial charge < -0.3 is 5.32 Å². The van der Waals surface area contributed by atoms with Gasteiger partial charge in [-0.25, -0.2) is 0 Å². The molecule has 0 aromatic carbocycles. The minimum absolute atomic E-state index is 0.597. The lowest BCUT2D eigenvalue weighted by atomic mass is 9.93. The number of aromatic nitrogens is 1. The lowest BCUT2D eigenvalue weighted by Crippen LogP contribution is -2.28. The fraction of sp³-hybridized carbons (Fsp3) is 0.500. The van der Waals surface area contributed by atoms with E-state index in [2.05, 4.69) is 10.3 Å². The summed E-state index contributed by atoms with van der Waals surface area (Å²) in [6, 6.07) is 2.02. The molecule has 0 saturated carbocycles. The second-order valence-corrected chi connectivity index (χ2v) is 3.92. The van der Waals surface area contributed by atoms with Gasteiger partial charge in [-0.15, -0.1) is 0 Å². The quantitative estimate of drug-likeness (QED) is 0.745. The molecular formula is C10H13ClN2. The first-order valence-corrected chi connectivity index (χ1v) is 5.05. The molecule has 1 aliphatic heterocycles. The summed E-state index contributed by atoms with van der Waals surface area (Å²) in [7, 11) is 0. The normalized spacial score (nSPS) is 23.0. The highest BCUT2D eigenvalue weighted by Crippen LogP contribution is 2.24. The van der Waals surface area contributed by atoms with Gasteiger partial charge >= 0.3 is 0 Å². The monoisotopic (exact) mass is 196 g/mol. The number of halogens is 1. The molecule has 70 valence electrons. The number of rotatable bonds is 1. The predicted molar refractivity (Wildman–Crippen MR) is 54.1 cm³/mol. The van der Waals surface area contributed by atoms with Crippen LogP contribution in [-0.2, 0) is 0 Å². The highest BCUT2D eigenvalue weighted by atomic mass is 35.5. The Kier molecular flexibility index (Phi) is 2.81. The van der Waals surface area contributed by atoms with Gasteiger partial charge in [-0.05, 0) is 36.9 Å². The van der Waals surface area contributed by atoms with Crippen molar-refractivity contribution >= 4 is 11.6 Å². The third-order valence-electron chi connectivity index (χ3n) is 2.49. The molecule has 2 rings (SSSR count). The number of nitrogens with zero attached hydrogens (tertiary/aromatic N) is 1. The fourth-order valence-electron chi connectivity index (χ4n) is 1.79. The van der Waals surface area contributed by atoms with E-state index in [0.717, 1.165) is 18.1 Å². The highest BCUT2D eigenvalue weighted by molar-refractivity contribution is 6.30. The Morgan fingerprint density at radius 3 is 3.08 bits per heavy atom. The van der Waals surface area contributed by atoms with Crippen molar-refractivity contribution in [3.8, 4) is 0 Å². The van der Waals surface area contributed by atoms with Crippen LogP contribution in [0.25, 0.3) is 0 Å². The van der Waals surface area contributed by atoms with Gasteiger partial charge in [0.1, 0.15) is 0 Å². The average molecular weight is 197 g/mol. The smallest absolute Gasteiger partial charge is 0.0592 e. The van der Waals surface area contributed by atoms with Crippen molar-refractivity contribution in [3.05, 3.63) is 29.0 Å². The molecule has 1 N–H and O–H groups in total. The second-order valence-electron chi connectivity index (χ2n) is 3.48. The Morgan fingerprint density at radius 1 is 1.46 bits per heavy atom. The van der Waals surface area contributed by atoms with E-state index >= 15 is 0 Å². The summed E-state index contributed by atoms with van der Waals surface area (Å²) < 4.78 is 0. The lowest BCUT2D eigenvalue weighted by Gasteiger charge is -2.22. The van der Waals surface area contributed by atoms with E-state index in [0.29, 0.717) is 5.92 Å². The fourth-order valence-corrected chi connectivity index (χ4v) is 1.97. The SMILES string of the molecule is Clc1cncc(C2CCCNC2)c1. The van der Waals surface area contributed by atoms with Crippen LogP contribution in [0.15, 0.2) is 18.5 Å². The summed E-state index contributed by atoms with van der Waals surface area (Å²) >= 11 is 5.88. The first kappa shape index (κ1) is 8.97. The maximum atomic E-state index is 5.88. The summed E-state index contributed by atoms with van der Waals surface area (Å²) in [5.41, 5.74) is 1.26. The zero-order valence-electron chi connectivity index (χ0n) is 7.46. The van der Waals surface area contributed by atoms with E-state index < -0.39 is 0 Å². The van der Waals surface area contributed by atoms with Gasteiger partial charge in [-0.2, -0.15) is 0 Å². The maximum Gasteiger partial charge on any atom is 0.0592 e. The molecule has 1 aromatic rings. The minimum atomic E-state index is 0.597. The topological polar surface area (TPSA) is 24.9 Å². The molecule has 1 unspecified atom stereocenters. The number of nitrogens with one attached hydrogen (secondary N) is 1. The zero-order chi connectivity index (χ0) is 9.10. The molecule has 1 fully saturated rings. The van der Waals surface area contributed by atoms with Crippen LogP contribution in [-0.4, -0.2) is 18.1 Å². The summed E-state index contributed by atoms with van der Waals surface area (Å²) in [5, 5.41) is 4.12. The van der Waals surface area contributed by atoms with E-state index in [1.807, 2.05) is 12.3 Å². The highest BCUT2D eigenvalue weighted by Gasteiger charge is 2.15. The largest absolute Gasteiger partial charge is 0.316 e. The molecule has 1 aromatic heterocycles. The summed E-state index contributed by atoms with van der Waals surface area (Å²) in [5.74, 6) is 0.597. The number of hydrogen-bond acceptors (Lipinski definition) is 2. The Balaban J connectivity index is 2.14. The van der Waals surface area contributed by atoms with E-state index in [-0.39, 0.29) is 0 Å². The van der Waals surface area contributed by atoms with Gasteiger partial charge in [0, 0.05) is 18.9 Å². The maximum absolute atomic E-state index is 5.88. The Morgan fingerprint density at radius 2 is 2.38 bits per heavy atom. The Labute approximate surface area is 83.3 Å². The molecule has 1 atom stereocenters. The molecular weight excluding hydrogens is 184 g/mol. The van der Waals surface area contributed by atoms with Crippen molar-refractivity contribution in [3.63, 3.8) is 0 Å². The van der Waals surface area contributed by atoms with Crippen LogP contribution in [0.3, 0.4) is 0 Å². The van der Waals surface area contributed by atoms with E-state index in [1.54, 1.807) is 6.20 Å². The third kappa shape index (κ3) is 2.20. The molecule has 2 heterocycles. The van der Waals surface area contributed by atoms with Crippen molar-refractivity contribution in [2.75, 3.05) is 13.1 Å². The van der Waals surface area contributed by atoms with E-state index in [1.165, 1.54) is 18.4 Å². The Hall–Kier alpha value is -0.600. The van der Waals surface area contributed by atoms with Crippen LogP contribution >= 0.6 is 11.6 Å². The zero-order valence-corrected chi connectivity index (χ0v) is 8.22. The van der Waals surface area contributed by atoms with Crippen LogP contribution in [0.2, 0.25) is 5.02 Å². The minimum Gasteiger partial charge on any atom is -0.316 e. The number of piperidine rings is 1. The van der Waals surface area contributed by atoms with Crippen molar-refractivity contribution in [1.82, 2.24) is 10.3 Å². The first-order valence-electron chi connectivity index (χ1n) is 4.67. The molecule has 0 amide bonds. The third-order valence-corrected chi connectivity index (χ3v) is 2.70.